The molecule has 0 saturated heterocycles. The van der Waals surface area contributed by atoms with Crippen molar-refractivity contribution in [3.8, 4) is 0 Å². The van der Waals surface area contributed by atoms with E-state index in [2.05, 4.69) is 10.3 Å². The molecule has 0 aromatic carbocycles. The first-order chi connectivity index (χ1) is 9.09. The molecule has 5 nitrogen and oxygen atoms in total. The van der Waals surface area contributed by atoms with Gasteiger partial charge in [0.1, 0.15) is 12.7 Å². The van der Waals surface area contributed by atoms with E-state index in [1.807, 2.05) is 20.9 Å². The Balaban J connectivity index is 2.10. The maximum absolute atomic E-state index is 11.7. The summed E-state index contributed by atoms with van der Waals surface area (Å²) in [5.74, 6) is 0.177. The van der Waals surface area contributed by atoms with Crippen LogP contribution in [0.15, 0.2) is 0 Å². The molecule has 2 rings (SSSR count). The maximum Gasteiger partial charge on any atom is 0.161 e. The molecule has 106 valence electrons. The van der Waals surface area contributed by atoms with Crippen LogP contribution in [0.25, 0.3) is 0 Å². The predicted octanol–water partition coefficient (Wildman–Crippen LogP) is 2.21. The van der Waals surface area contributed by atoms with Crippen LogP contribution in [0.5, 0.6) is 0 Å². The van der Waals surface area contributed by atoms with Crippen LogP contribution in [0.2, 0.25) is 0 Å². The minimum Gasteiger partial charge on any atom is -0.364 e. The lowest BCUT2D eigenvalue weighted by atomic mass is 9.98. The highest BCUT2D eigenvalue weighted by atomic mass is 16.5. The molecular weight excluding hydrogens is 242 g/mol. The molecule has 1 unspecified atom stereocenters. The van der Waals surface area contributed by atoms with Gasteiger partial charge in [0.2, 0.25) is 0 Å². The number of hydrogen-bond acceptors (Lipinski definition) is 4. The molecule has 0 radical (unpaired) electrons. The molecule has 1 aliphatic carbocycles. The van der Waals surface area contributed by atoms with Crippen molar-refractivity contribution in [1.82, 2.24) is 15.0 Å². The number of nitrogens with zero attached hydrogens (tertiary/aromatic N) is 3. The monoisotopic (exact) mass is 265 g/mol. The van der Waals surface area contributed by atoms with Crippen LogP contribution in [0, 0.1) is 5.92 Å². The molecule has 0 bridgehead atoms. The molecule has 0 fully saturated rings. The van der Waals surface area contributed by atoms with E-state index in [9.17, 15) is 4.79 Å². The predicted molar refractivity (Wildman–Crippen MR) is 71.7 cm³/mol. The van der Waals surface area contributed by atoms with E-state index in [4.69, 9.17) is 4.74 Å². The van der Waals surface area contributed by atoms with Gasteiger partial charge in [0.05, 0.1) is 11.4 Å². The Morgan fingerprint density at radius 3 is 2.95 bits per heavy atom. The molecule has 0 saturated carbocycles. The number of rotatable bonds is 4. The Morgan fingerprint density at radius 2 is 2.21 bits per heavy atom. The standard InChI is InChI=1S/C14H23N3O2/c1-10(2)12(18)9-19-13-8-6-4-5-7-11-14(13)17(3)16-15-11/h10,13H,4-9H2,1-3H3. The van der Waals surface area contributed by atoms with Gasteiger partial charge in [-0.1, -0.05) is 31.9 Å². The lowest BCUT2D eigenvalue weighted by Crippen LogP contribution is -2.20. The van der Waals surface area contributed by atoms with Crippen LogP contribution in [0.4, 0.5) is 0 Å². The summed E-state index contributed by atoms with van der Waals surface area (Å²) < 4.78 is 7.65. The van der Waals surface area contributed by atoms with Crippen LogP contribution >= 0.6 is 0 Å². The van der Waals surface area contributed by atoms with Gasteiger partial charge in [0.15, 0.2) is 5.78 Å². The second-order valence-electron chi connectivity index (χ2n) is 5.56. The topological polar surface area (TPSA) is 57.0 Å². The highest BCUT2D eigenvalue weighted by Crippen LogP contribution is 2.29. The van der Waals surface area contributed by atoms with Crippen molar-refractivity contribution in [3.05, 3.63) is 11.4 Å². The molecule has 19 heavy (non-hydrogen) atoms. The summed E-state index contributed by atoms with van der Waals surface area (Å²) in [6, 6.07) is 0. The lowest BCUT2D eigenvalue weighted by Gasteiger charge is -2.21. The van der Waals surface area contributed by atoms with Gasteiger partial charge in [0, 0.05) is 13.0 Å². The van der Waals surface area contributed by atoms with Crippen molar-refractivity contribution < 1.29 is 9.53 Å². The van der Waals surface area contributed by atoms with Crippen molar-refractivity contribution in [2.24, 2.45) is 13.0 Å². The van der Waals surface area contributed by atoms with E-state index in [-0.39, 0.29) is 24.4 Å². The second kappa shape index (κ2) is 6.28. The fourth-order valence-electron chi connectivity index (χ4n) is 2.43. The fourth-order valence-corrected chi connectivity index (χ4v) is 2.43. The van der Waals surface area contributed by atoms with Gasteiger partial charge in [-0.2, -0.15) is 0 Å². The number of hydrogen-bond donors (Lipinski definition) is 0. The van der Waals surface area contributed by atoms with Gasteiger partial charge < -0.3 is 4.74 Å². The second-order valence-corrected chi connectivity index (χ2v) is 5.56. The normalized spacial score (nSPS) is 19.9. The van der Waals surface area contributed by atoms with Crippen molar-refractivity contribution in [2.45, 2.75) is 52.1 Å². The zero-order valence-corrected chi connectivity index (χ0v) is 12.1. The largest absolute Gasteiger partial charge is 0.364 e. The van der Waals surface area contributed by atoms with Crippen LogP contribution in [0.3, 0.4) is 0 Å². The van der Waals surface area contributed by atoms with Crippen LogP contribution < -0.4 is 0 Å². The summed E-state index contributed by atoms with van der Waals surface area (Å²) in [6.45, 7) is 3.99. The average molecular weight is 265 g/mol. The average Bonchev–Trinajstić information content (AvgIpc) is 2.69. The Labute approximate surface area is 114 Å². The number of aryl methyl sites for hydroxylation is 2. The van der Waals surface area contributed by atoms with E-state index in [1.165, 1.54) is 6.42 Å². The first kappa shape index (κ1) is 14.2. The Kier molecular flexibility index (Phi) is 4.69. The van der Waals surface area contributed by atoms with E-state index in [0.717, 1.165) is 37.1 Å². The molecule has 1 aromatic rings. The van der Waals surface area contributed by atoms with Gasteiger partial charge in [-0.25, -0.2) is 4.68 Å². The van der Waals surface area contributed by atoms with E-state index >= 15 is 0 Å². The Morgan fingerprint density at radius 1 is 1.42 bits per heavy atom. The highest BCUT2D eigenvalue weighted by Gasteiger charge is 2.24. The van der Waals surface area contributed by atoms with E-state index < -0.39 is 0 Å². The van der Waals surface area contributed by atoms with Crippen molar-refractivity contribution in [2.75, 3.05) is 6.61 Å². The number of Topliss-reactive ketones (excluding diaryl/α,β-unsaturated/α-hetero) is 1. The zero-order chi connectivity index (χ0) is 13.8. The number of carbonyl (C=O) groups excluding carboxylic acids is 1. The third kappa shape index (κ3) is 3.41. The van der Waals surface area contributed by atoms with E-state index in [0.29, 0.717) is 0 Å². The number of ether oxygens (including phenoxy) is 1. The van der Waals surface area contributed by atoms with Crippen LogP contribution in [0.1, 0.15) is 57.0 Å². The molecule has 5 heteroatoms. The molecule has 0 spiro atoms. The molecule has 1 aromatic heterocycles. The minimum atomic E-state index is -0.0435. The fraction of sp³-hybridized carbons (Fsp3) is 0.786. The number of fused-ring (bicyclic) bond motifs is 1. The molecule has 0 N–H and O–H groups in total. The first-order valence-corrected chi connectivity index (χ1v) is 7.12. The molecule has 1 heterocycles. The summed E-state index contributed by atoms with van der Waals surface area (Å²) in [7, 11) is 1.90. The summed E-state index contributed by atoms with van der Waals surface area (Å²) >= 11 is 0. The van der Waals surface area contributed by atoms with Gasteiger partial charge in [-0.05, 0) is 19.3 Å². The number of ketones is 1. The third-order valence-corrected chi connectivity index (χ3v) is 3.70. The maximum atomic E-state index is 11.7. The minimum absolute atomic E-state index is 0.0256. The van der Waals surface area contributed by atoms with Gasteiger partial charge in [-0.3, -0.25) is 4.79 Å². The number of carbonyl (C=O) groups is 1. The molecule has 1 aliphatic rings. The number of aromatic nitrogens is 3. The summed E-state index contributed by atoms with van der Waals surface area (Å²) in [6.07, 6.45) is 5.33. The third-order valence-electron chi connectivity index (χ3n) is 3.70. The van der Waals surface area contributed by atoms with Crippen molar-refractivity contribution in [1.29, 1.82) is 0 Å². The van der Waals surface area contributed by atoms with Crippen LogP contribution in [-0.2, 0) is 23.0 Å². The molecule has 0 amide bonds. The lowest BCUT2D eigenvalue weighted by molar-refractivity contribution is -0.129. The van der Waals surface area contributed by atoms with Crippen LogP contribution in [-0.4, -0.2) is 27.4 Å². The Bertz CT molecular complexity index is 440. The van der Waals surface area contributed by atoms with Crippen molar-refractivity contribution in [3.63, 3.8) is 0 Å². The van der Waals surface area contributed by atoms with Gasteiger partial charge in [0.25, 0.3) is 0 Å². The Hall–Kier alpha value is -1.23. The molecule has 1 atom stereocenters. The quantitative estimate of drug-likeness (QED) is 0.837. The van der Waals surface area contributed by atoms with Gasteiger partial charge >= 0.3 is 0 Å². The van der Waals surface area contributed by atoms with Gasteiger partial charge in [-0.15, -0.1) is 5.10 Å². The van der Waals surface area contributed by atoms with Crippen molar-refractivity contribution >= 4 is 5.78 Å². The zero-order valence-electron chi connectivity index (χ0n) is 12.1. The first-order valence-electron chi connectivity index (χ1n) is 7.12. The smallest absolute Gasteiger partial charge is 0.161 e. The van der Waals surface area contributed by atoms with E-state index in [1.54, 1.807) is 4.68 Å². The summed E-state index contributed by atoms with van der Waals surface area (Å²) in [5.41, 5.74) is 2.08. The SMILES string of the molecule is CC(C)C(=O)COC1CCCCCc2nnn(C)c21. The summed E-state index contributed by atoms with van der Waals surface area (Å²) in [5, 5.41) is 8.31. The summed E-state index contributed by atoms with van der Waals surface area (Å²) in [4.78, 5) is 11.7. The highest BCUT2D eigenvalue weighted by molar-refractivity contribution is 5.81. The molecule has 0 aliphatic heterocycles. The molecular formula is C14H23N3O2.